The summed E-state index contributed by atoms with van der Waals surface area (Å²) in [4.78, 5) is 13.0. The van der Waals surface area contributed by atoms with Crippen LogP contribution in [0.1, 0.15) is 18.5 Å². The third-order valence-corrected chi connectivity index (χ3v) is 7.39. The van der Waals surface area contributed by atoms with E-state index in [2.05, 4.69) is 31.0 Å². The Balaban J connectivity index is 1.49. The largest absolute Gasteiger partial charge is 0.494 e. The summed E-state index contributed by atoms with van der Waals surface area (Å²) in [5.74, 6) is 1.08. The summed E-state index contributed by atoms with van der Waals surface area (Å²) in [7, 11) is 1.36. The first kappa shape index (κ1) is 23.0. The third-order valence-electron chi connectivity index (χ3n) is 5.26. The summed E-state index contributed by atoms with van der Waals surface area (Å²) >= 11 is 2.97. The number of rotatable bonds is 8. The van der Waals surface area contributed by atoms with Crippen LogP contribution in [0.5, 0.6) is 5.75 Å². The van der Waals surface area contributed by atoms with Gasteiger partial charge in [0.2, 0.25) is 5.95 Å². The summed E-state index contributed by atoms with van der Waals surface area (Å²) in [6, 6.07) is 16.8. The average Bonchev–Trinajstić information content (AvgIpc) is 3.56. The quantitative estimate of drug-likeness (QED) is 0.279. The van der Waals surface area contributed by atoms with E-state index in [4.69, 9.17) is 9.47 Å². The molecule has 3 heterocycles. The molecular formula is C23H21N7O3S2. The smallest absolute Gasteiger partial charge is 0.338 e. The number of aromatic nitrogens is 6. The van der Waals surface area contributed by atoms with Crippen LogP contribution >= 0.6 is 23.1 Å². The number of anilines is 1. The van der Waals surface area contributed by atoms with Gasteiger partial charge in [0.15, 0.2) is 4.34 Å². The van der Waals surface area contributed by atoms with Crippen molar-refractivity contribution in [2.24, 2.45) is 0 Å². The molecular weight excluding hydrogens is 486 g/mol. The Bertz CT molecular complexity index is 1370. The minimum atomic E-state index is -0.584. The predicted molar refractivity (Wildman–Crippen MR) is 132 cm³/mol. The fourth-order valence-electron chi connectivity index (χ4n) is 3.75. The maximum atomic E-state index is 13.0. The number of benzene rings is 2. The molecule has 4 aromatic rings. The molecule has 1 unspecified atom stereocenters. The van der Waals surface area contributed by atoms with E-state index >= 15 is 0 Å². The molecule has 1 atom stereocenters. The van der Waals surface area contributed by atoms with Gasteiger partial charge in [0, 0.05) is 17.0 Å². The molecule has 1 aliphatic heterocycles. The van der Waals surface area contributed by atoms with Gasteiger partial charge in [-0.1, -0.05) is 70.7 Å². The van der Waals surface area contributed by atoms with Gasteiger partial charge in [0.1, 0.15) is 16.8 Å². The first-order valence-electron chi connectivity index (χ1n) is 10.8. The van der Waals surface area contributed by atoms with Crippen molar-refractivity contribution in [1.29, 1.82) is 0 Å². The number of carbonyl (C=O) groups excluding carboxylic acids is 1. The van der Waals surface area contributed by atoms with Crippen LogP contribution in [0.3, 0.4) is 0 Å². The second kappa shape index (κ2) is 10.2. The van der Waals surface area contributed by atoms with Crippen LogP contribution in [-0.2, 0) is 9.53 Å². The number of ether oxygens (including phenoxy) is 2. The lowest BCUT2D eigenvalue weighted by molar-refractivity contribution is -0.136. The summed E-state index contributed by atoms with van der Waals surface area (Å²) in [5, 5.41) is 24.7. The Kier molecular flexibility index (Phi) is 6.73. The van der Waals surface area contributed by atoms with E-state index < -0.39 is 12.0 Å². The van der Waals surface area contributed by atoms with Crippen molar-refractivity contribution in [3.05, 3.63) is 71.4 Å². The van der Waals surface area contributed by atoms with E-state index in [1.54, 1.807) is 4.68 Å². The number of carbonyl (C=O) groups is 1. The molecule has 0 saturated carbocycles. The van der Waals surface area contributed by atoms with Crippen molar-refractivity contribution in [3.8, 4) is 16.3 Å². The van der Waals surface area contributed by atoms with Gasteiger partial charge in [-0.3, -0.25) is 0 Å². The molecule has 1 N–H and O–H groups in total. The Hall–Kier alpha value is -3.77. The second-order valence-electron chi connectivity index (χ2n) is 7.39. The zero-order valence-corrected chi connectivity index (χ0v) is 20.5. The topological polar surface area (TPSA) is 117 Å². The molecule has 178 valence electrons. The second-order valence-corrected chi connectivity index (χ2v) is 9.59. The Morgan fingerprint density at radius 3 is 2.80 bits per heavy atom. The van der Waals surface area contributed by atoms with Crippen LogP contribution < -0.4 is 10.1 Å². The molecule has 0 spiro atoms. The van der Waals surface area contributed by atoms with Crippen molar-refractivity contribution >= 4 is 35.0 Å². The van der Waals surface area contributed by atoms with E-state index in [1.807, 2.05) is 61.5 Å². The highest BCUT2D eigenvalue weighted by Gasteiger charge is 2.36. The van der Waals surface area contributed by atoms with Crippen LogP contribution in [0.4, 0.5) is 5.95 Å². The highest BCUT2D eigenvalue weighted by Crippen LogP contribution is 2.38. The highest BCUT2D eigenvalue weighted by atomic mass is 32.2. The first-order valence-corrected chi connectivity index (χ1v) is 12.6. The molecule has 2 aromatic heterocycles. The van der Waals surface area contributed by atoms with Crippen molar-refractivity contribution in [1.82, 2.24) is 30.4 Å². The fraction of sp³-hybridized carbons (Fsp3) is 0.217. The molecule has 0 bridgehead atoms. The number of methoxy groups -OCH3 is 1. The standard InChI is InChI=1S/C23H21N7O3S2/c1-3-33-16-11-7-10-15(12-16)19-18(21(31)32-2)17(24-22-26-28-29-30(19)22)13-34-23-27-25-20(35-23)14-8-5-4-6-9-14/h4-12,19H,3,13H2,1-2H3,(H,24,26,29). The monoisotopic (exact) mass is 507 g/mol. The number of nitrogens with one attached hydrogen (secondary N) is 1. The minimum absolute atomic E-state index is 0.418. The van der Waals surface area contributed by atoms with Crippen LogP contribution in [0, 0.1) is 0 Å². The van der Waals surface area contributed by atoms with Crippen LogP contribution in [0.15, 0.2) is 70.2 Å². The maximum Gasteiger partial charge on any atom is 0.338 e. The predicted octanol–water partition coefficient (Wildman–Crippen LogP) is 3.82. The molecule has 5 rings (SSSR count). The zero-order valence-electron chi connectivity index (χ0n) is 18.9. The van der Waals surface area contributed by atoms with Crippen molar-refractivity contribution in [2.75, 3.05) is 24.8 Å². The first-order chi connectivity index (χ1) is 17.2. The van der Waals surface area contributed by atoms with Gasteiger partial charge in [0.25, 0.3) is 0 Å². The third kappa shape index (κ3) is 4.75. The van der Waals surface area contributed by atoms with Gasteiger partial charge in [-0.25, -0.2) is 4.79 Å². The van der Waals surface area contributed by atoms with Crippen molar-refractivity contribution in [3.63, 3.8) is 0 Å². The van der Waals surface area contributed by atoms with E-state index in [9.17, 15) is 4.79 Å². The molecule has 10 nitrogen and oxygen atoms in total. The lowest BCUT2D eigenvalue weighted by atomic mass is 9.95. The molecule has 35 heavy (non-hydrogen) atoms. The molecule has 0 radical (unpaired) electrons. The van der Waals surface area contributed by atoms with Crippen LogP contribution in [0.2, 0.25) is 0 Å². The number of tetrazole rings is 1. The van der Waals surface area contributed by atoms with E-state index in [1.165, 1.54) is 30.2 Å². The van der Waals surface area contributed by atoms with Crippen molar-refractivity contribution in [2.45, 2.75) is 17.3 Å². The van der Waals surface area contributed by atoms with Crippen LogP contribution in [0.25, 0.3) is 10.6 Å². The lowest BCUT2D eigenvalue weighted by Crippen LogP contribution is -2.31. The Labute approximate surface area is 209 Å². The molecule has 0 aliphatic carbocycles. The molecule has 0 fully saturated rings. The summed E-state index contributed by atoms with van der Waals surface area (Å²) in [5.41, 5.74) is 2.88. The molecule has 12 heteroatoms. The molecule has 1 aliphatic rings. The van der Waals surface area contributed by atoms with Gasteiger partial charge in [-0.15, -0.1) is 10.2 Å². The fourth-order valence-corrected chi connectivity index (χ4v) is 5.57. The normalized spacial score (nSPS) is 14.9. The van der Waals surface area contributed by atoms with Crippen molar-refractivity contribution < 1.29 is 14.3 Å². The highest BCUT2D eigenvalue weighted by molar-refractivity contribution is 8.01. The Morgan fingerprint density at radius 2 is 2.00 bits per heavy atom. The maximum absolute atomic E-state index is 13.0. The molecule has 0 saturated heterocycles. The number of thioether (sulfide) groups is 1. The van der Waals surface area contributed by atoms with E-state index in [-0.39, 0.29) is 0 Å². The van der Waals surface area contributed by atoms with Gasteiger partial charge in [-0.05, 0) is 35.0 Å². The van der Waals surface area contributed by atoms with Gasteiger partial charge in [-0.2, -0.15) is 4.68 Å². The van der Waals surface area contributed by atoms with Gasteiger partial charge < -0.3 is 14.8 Å². The average molecular weight is 508 g/mol. The SMILES string of the molecule is CCOc1cccc(C2C(C(=O)OC)=C(CSc3nnc(-c4ccccc4)s3)Nc3nnnn32)c1. The van der Waals surface area contributed by atoms with E-state index in [0.29, 0.717) is 35.3 Å². The number of hydrogen-bond acceptors (Lipinski definition) is 11. The van der Waals surface area contributed by atoms with Gasteiger partial charge >= 0.3 is 5.97 Å². The minimum Gasteiger partial charge on any atom is -0.494 e. The molecule has 0 amide bonds. The number of nitrogens with zero attached hydrogens (tertiary/aromatic N) is 6. The summed E-state index contributed by atoms with van der Waals surface area (Å²) in [6.45, 7) is 2.45. The molecule has 2 aromatic carbocycles. The summed E-state index contributed by atoms with van der Waals surface area (Å²) < 4.78 is 13.2. The van der Waals surface area contributed by atoms with Gasteiger partial charge in [0.05, 0.1) is 19.3 Å². The number of fused-ring (bicyclic) bond motifs is 1. The Morgan fingerprint density at radius 1 is 1.14 bits per heavy atom. The summed E-state index contributed by atoms with van der Waals surface area (Å²) in [6.07, 6.45) is 0. The number of esters is 1. The lowest BCUT2D eigenvalue weighted by Gasteiger charge is -2.28. The van der Waals surface area contributed by atoms with E-state index in [0.717, 1.165) is 20.5 Å². The zero-order chi connectivity index (χ0) is 24.2. The van der Waals surface area contributed by atoms with Crippen LogP contribution in [-0.4, -0.2) is 55.8 Å². The number of hydrogen-bond donors (Lipinski definition) is 1.